The molecule has 0 fully saturated rings. The average molecular weight is 400 g/mol. The highest BCUT2D eigenvalue weighted by molar-refractivity contribution is 8.00. The third-order valence-corrected chi connectivity index (χ3v) is 4.73. The molecule has 8 nitrogen and oxygen atoms in total. The van der Waals surface area contributed by atoms with Crippen molar-refractivity contribution in [2.45, 2.75) is 18.9 Å². The van der Waals surface area contributed by atoms with Crippen LogP contribution in [0.3, 0.4) is 0 Å². The molecule has 2 heterocycles. The zero-order chi connectivity index (χ0) is 19.4. The maximum absolute atomic E-state index is 12.4. The van der Waals surface area contributed by atoms with Crippen molar-refractivity contribution in [3.05, 3.63) is 53.0 Å². The zero-order valence-electron chi connectivity index (χ0n) is 14.5. The van der Waals surface area contributed by atoms with Crippen LogP contribution in [0.5, 0.6) is 0 Å². The number of carbonyl (C=O) groups is 1. The van der Waals surface area contributed by atoms with Crippen LogP contribution in [-0.4, -0.2) is 36.4 Å². The third-order valence-electron chi connectivity index (χ3n) is 3.52. The molecule has 3 aromatic rings. The normalized spacial score (nSPS) is 10.4. The van der Waals surface area contributed by atoms with E-state index in [0.29, 0.717) is 38.5 Å². The minimum atomic E-state index is -0.263. The maximum atomic E-state index is 12.4. The summed E-state index contributed by atoms with van der Waals surface area (Å²) in [5.74, 6) is 0.368. The minimum Gasteiger partial charge on any atom is -0.323 e. The summed E-state index contributed by atoms with van der Waals surface area (Å²) in [6.45, 7) is 3.49. The molecule has 0 saturated carbocycles. The summed E-state index contributed by atoms with van der Waals surface area (Å²) in [5.41, 5.74) is 2.12. The monoisotopic (exact) mass is 399 g/mol. The summed E-state index contributed by atoms with van der Waals surface area (Å²) in [6, 6.07) is 7.17. The lowest BCUT2D eigenvalue weighted by atomic mass is 10.2. The van der Waals surface area contributed by atoms with Crippen molar-refractivity contribution < 1.29 is 4.79 Å². The van der Waals surface area contributed by atoms with Gasteiger partial charge in [-0.15, -0.1) is 0 Å². The third kappa shape index (κ3) is 4.42. The smallest absolute Gasteiger partial charge is 0.234 e. The summed E-state index contributed by atoms with van der Waals surface area (Å²) in [6.07, 6.45) is 2.93. The van der Waals surface area contributed by atoms with Gasteiger partial charge in [-0.2, -0.15) is 10.4 Å². The largest absolute Gasteiger partial charge is 0.323 e. The molecule has 1 aromatic carbocycles. The first-order valence-electron chi connectivity index (χ1n) is 7.80. The van der Waals surface area contributed by atoms with Gasteiger partial charge in [0, 0.05) is 5.02 Å². The van der Waals surface area contributed by atoms with E-state index in [0.717, 1.165) is 0 Å². The molecule has 0 atom stereocenters. The van der Waals surface area contributed by atoms with Gasteiger partial charge < -0.3 is 5.32 Å². The summed E-state index contributed by atoms with van der Waals surface area (Å²) in [4.78, 5) is 24.8. The first-order valence-corrected chi connectivity index (χ1v) is 9.17. The van der Waals surface area contributed by atoms with Gasteiger partial charge >= 0.3 is 0 Å². The first-order chi connectivity index (χ1) is 13.0. The summed E-state index contributed by atoms with van der Waals surface area (Å²) < 4.78 is 1.53. The van der Waals surface area contributed by atoms with Crippen molar-refractivity contribution in [1.82, 2.24) is 24.7 Å². The minimum absolute atomic E-state index is 0.0773. The highest BCUT2D eigenvalue weighted by atomic mass is 35.5. The number of nitriles is 1. The molecule has 3 rings (SSSR count). The zero-order valence-corrected chi connectivity index (χ0v) is 16.0. The fourth-order valence-corrected chi connectivity index (χ4v) is 3.42. The molecule has 0 radical (unpaired) electrons. The van der Waals surface area contributed by atoms with Gasteiger partial charge in [-0.05, 0) is 32.0 Å². The standard InChI is InChI=1S/C17H14ClN7OS/c1-10-13(6-19)17(23-11(2)22-10)27-7-16(26)24-14-5-12(18)3-4-15(14)25-9-20-8-21-25/h3-5,8-9H,7H2,1-2H3,(H,24,26). The second kappa shape index (κ2) is 8.16. The van der Waals surface area contributed by atoms with E-state index >= 15 is 0 Å². The molecule has 0 spiro atoms. The number of nitrogens with one attached hydrogen (secondary N) is 1. The molecule has 1 amide bonds. The number of thioether (sulfide) groups is 1. The van der Waals surface area contributed by atoms with Gasteiger partial charge in [-0.1, -0.05) is 23.4 Å². The Bertz CT molecular complexity index is 1030. The van der Waals surface area contributed by atoms with Crippen molar-refractivity contribution >= 4 is 35.0 Å². The number of benzene rings is 1. The highest BCUT2D eigenvalue weighted by Gasteiger charge is 2.14. The molecular formula is C17H14ClN7OS. The van der Waals surface area contributed by atoms with Gasteiger partial charge in [0.2, 0.25) is 5.91 Å². The Balaban J connectivity index is 1.76. The van der Waals surface area contributed by atoms with Crippen molar-refractivity contribution in [2.75, 3.05) is 11.1 Å². The quantitative estimate of drug-likeness (QED) is 0.518. The van der Waals surface area contributed by atoms with E-state index in [1.54, 1.807) is 32.0 Å². The van der Waals surface area contributed by atoms with E-state index < -0.39 is 0 Å². The number of amides is 1. The number of aromatic nitrogens is 5. The van der Waals surface area contributed by atoms with E-state index in [-0.39, 0.29) is 11.7 Å². The van der Waals surface area contributed by atoms with E-state index in [4.69, 9.17) is 11.6 Å². The van der Waals surface area contributed by atoms with Crippen molar-refractivity contribution in [3.8, 4) is 11.8 Å². The predicted octanol–water partition coefficient (Wildman–Crippen LogP) is 2.93. The Morgan fingerprint density at radius 3 is 2.89 bits per heavy atom. The summed E-state index contributed by atoms with van der Waals surface area (Å²) in [5, 5.41) is 17.1. The van der Waals surface area contributed by atoms with E-state index in [1.807, 2.05) is 0 Å². The molecule has 10 heteroatoms. The Kier molecular flexibility index (Phi) is 5.69. The van der Waals surface area contributed by atoms with Crippen LogP contribution in [0.4, 0.5) is 5.69 Å². The number of hydrogen-bond donors (Lipinski definition) is 1. The molecule has 2 aromatic heterocycles. The number of rotatable bonds is 5. The van der Waals surface area contributed by atoms with Crippen LogP contribution in [0.1, 0.15) is 17.1 Å². The van der Waals surface area contributed by atoms with Gasteiger partial charge in [-0.25, -0.2) is 19.6 Å². The lowest BCUT2D eigenvalue weighted by molar-refractivity contribution is -0.113. The fourth-order valence-electron chi connectivity index (χ4n) is 2.38. The molecule has 1 N–H and O–H groups in total. The van der Waals surface area contributed by atoms with Crippen molar-refractivity contribution in [3.63, 3.8) is 0 Å². The first kappa shape index (κ1) is 18.8. The van der Waals surface area contributed by atoms with Crippen LogP contribution in [-0.2, 0) is 4.79 Å². The van der Waals surface area contributed by atoms with Crippen LogP contribution < -0.4 is 5.32 Å². The molecule has 27 heavy (non-hydrogen) atoms. The molecule has 0 aliphatic heterocycles. The van der Waals surface area contributed by atoms with Crippen molar-refractivity contribution in [1.29, 1.82) is 5.26 Å². The topological polar surface area (TPSA) is 109 Å². The van der Waals surface area contributed by atoms with Gasteiger partial charge in [-0.3, -0.25) is 4.79 Å². The molecular weight excluding hydrogens is 386 g/mol. The van der Waals surface area contributed by atoms with Crippen LogP contribution in [0, 0.1) is 25.2 Å². The lowest BCUT2D eigenvalue weighted by Crippen LogP contribution is -2.16. The summed E-state index contributed by atoms with van der Waals surface area (Å²) >= 11 is 7.24. The van der Waals surface area contributed by atoms with E-state index in [9.17, 15) is 10.1 Å². The fraction of sp³-hybridized carbons (Fsp3) is 0.176. The van der Waals surface area contributed by atoms with Crippen LogP contribution in [0.2, 0.25) is 5.02 Å². The average Bonchev–Trinajstić information content (AvgIpc) is 3.14. The number of halogens is 1. The van der Waals surface area contributed by atoms with Crippen molar-refractivity contribution in [2.24, 2.45) is 0 Å². The highest BCUT2D eigenvalue weighted by Crippen LogP contribution is 2.26. The Morgan fingerprint density at radius 2 is 2.19 bits per heavy atom. The van der Waals surface area contributed by atoms with E-state index in [1.165, 1.54) is 29.1 Å². The van der Waals surface area contributed by atoms with Crippen LogP contribution in [0.25, 0.3) is 5.69 Å². The van der Waals surface area contributed by atoms with E-state index in [2.05, 4.69) is 31.4 Å². The van der Waals surface area contributed by atoms with Gasteiger partial charge in [0.05, 0.1) is 22.8 Å². The van der Waals surface area contributed by atoms with Crippen LogP contribution in [0.15, 0.2) is 35.9 Å². The Morgan fingerprint density at radius 1 is 1.37 bits per heavy atom. The second-order valence-corrected chi connectivity index (χ2v) is 6.89. The van der Waals surface area contributed by atoms with Gasteiger partial charge in [0.15, 0.2) is 0 Å². The number of anilines is 1. The maximum Gasteiger partial charge on any atom is 0.234 e. The number of aryl methyl sites for hydroxylation is 2. The van der Waals surface area contributed by atoms with Crippen LogP contribution >= 0.6 is 23.4 Å². The molecule has 0 aliphatic carbocycles. The lowest BCUT2D eigenvalue weighted by Gasteiger charge is -2.11. The Hall–Kier alpha value is -2.96. The molecule has 0 aliphatic rings. The molecule has 136 valence electrons. The molecule has 0 saturated heterocycles. The van der Waals surface area contributed by atoms with Gasteiger partial charge in [0.25, 0.3) is 0 Å². The number of hydrogen-bond acceptors (Lipinski definition) is 7. The second-order valence-electron chi connectivity index (χ2n) is 5.49. The SMILES string of the molecule is Cc1nc(C)c(C#N)c(SCC(=O)Nc2cc(Cl)ccc2-n2cncn2)n1. The Labute approximate surface area is 164 Å². The predicted molar refractivity (Wildman–Crippen MR) is 102 cm³/mol. The molecule has 0 unspecified atom stereocenters. The molecule has 0 bridgehead atoms. The number of nitrogens with zero attached hydrogens (tertiary/aromatic N) is 6. The number of carbonyl (C=O) groups excluding carboxylic acids is 1. The summed E-state index contributed by atoms with van der Waals surface area (Å²) in [7, 11) is 0. The van der Waals surface area contributed by atoms with Gasteiger partial charge in [0.1, 0.15) is 35.1 Å².